The maximum absolute atomic E-state index is 13.0. The molecule has 0 saturated carbocycles. The van der Waals surface area contributed by atoms with Gasteiger partial charge in [0.25, 0.3) is 0 Å². The minimum absolute atomic E-state index is 0.0482. The van der Waals surface area contributed by atoms with E-state index in [-0.39, 0.29) is 48.6 Å². The Bertz CT molecular complexity index is 1540. The number of carbonyl (C=O) groups is 3. The van der Waals surface area contributed by atoms with Crippen LogP contribution in [0.25, 0.3) is 16.7 Å². The molecular formula is C30H29F2N3O6. The molecule has 1 aliphatic heterocycles. The standard InChI is InChI=1S/C16H17FN2O3.C14H12FNO3/c1-4-22-16(21)14-15(20)13(9-19(18-14)10(2)3)11-5-7-12(17)8-6-11;1-2-19-14(18)12-13(17)11(7-8-16-12)9-3-5-10(15)6-4-9/h5-10H,4H2,1-3H3;3-7H,2,8H2,1H3. The summed E-state index contributed by atoms with van der Waals surface area (Å²) >= 11 is 0. The summed E-state index contributed by atoms with van der Waals surface area (Å²) in [5.41, 5.74) is 0.713. The van der Waals surface area contributed by atoms with Crippen molar-refractivity contribution in [3.8, 4) is 11.1 Å². The van der Waals surface area contributed by atoms with Crippen LogP contribution in [0, 0.1) is 11.6 Å². The Balaban J connectivity index is 0.000000228. The molecule has 1 aromatic heterocycles. The molecule has 0 spiro atoms. The van der Waals surface area contributed by atoms with Gasteiger partial charge in [-0.25, -0.2) is 18.4 Å². The van der Waals surface area contributed by atoms with Gasteiger partial charge in [0.15, 0.2) is 5.71 Å². The minimum atomic E-state index is -0.758. The highest BCUT2D eigenvalue weighted by molar-refractivity contribution is 6.73. The molecule has 2 aromatic carbocycles. The number of Topliss-reactive ketones (excluding diaryl/α,β-unsaturated/α-hetero) is 1. The first-order valence-corrected chi connectivity index (χ1v) is 12.9. The summed E-state index contributed by atoms with van der Waals surface area (Å²) in [6, 6.07) is 11.0. The van der Waals surface area contributed by atoms with Crippen LogP contribution in [0.4, 0.5) is 8.78 Å². The molecule has 0 radical (unpaired) electrons. The minimum Gasteiger partial charge on any atom is -0.461 e. The van der Waals surface area contributed by atoms with Gasteiger partial charge in [0.05, 0.1) is 19.8 Å². The second-order valence-corrected chi connectivity index (χ2v) is 8.89. The number of rotatable bonds is 7. The van der Waals surface area contributed by atoms with E-state index in [4.69, 9.17) is 9.47 Å². The van der Waals surface area contributed by atoms with Crippen LogP contribution in [-0.4, -0.2) is 53.0 Å². The SMILES string of the molecule is CCOC(=O)C1=NCC=C(c2ccc(F)cc2)C1=O.CCOC(=O)c1nn(C(C)C)cc(-c2ccc(F)cc2)c1=O. The Morgan fingerprint density at radius 2 is 1.41 bits per heavy atom. The number of hydrogen-bond acceptors (Lipinski definition) is 8. The lowest BCUT2D eigenvalue weighted by molar-refractivity contribution is -0.135. The summed E-state index contributed by atoms with van der Waals surface area (Å²) in [4.78, 5) is 52.0. The molecule has 3 aromatic rings. The van der Waals surface area contributed by atoms with Crippen LogP contribution in [0.2, 0.25) is 0 Å². The van der Waals surface area contributed by atoms with E-state index in [9.17, 15) is 28.0 Å². The number of nitrogens with zero attached hydrogens (tertiary/aromatic N) is 3. The van der Waals surface area contributed by atoms with Crippen molar-refractivity contribution in [2.24, 2.45) is 4.99 Å². The number of hydrogen-bond donors (Lipinski definition) is 0. The first-order valence-electron chi connectivity index (χ1n) is 12.9. The average molecular weight is 566 g/mol. The first kappa shape index (κ1) is 30.7. The molecule has 1 aliphatic rings. The smallest absolute Gasteiger partial charge is 0.362 e. The van der Waals surface area contributed by atoms with Crippen molar-refractivity contribution in [3.05, 3.63) is 93.9 Å². The fourth-order valence-corrected chi connectivity index (χ4v) is 3.70. The van der Waals surface area contributed by atoms with Crippen LogP contribution in [0.15, 0.2) is 70.6 Å². The summed E-state index contributed by atoms with van der Waals surface area (Å²) in [6.07, 6.45) is 3.17. The van der Waals surface area contributed by atoms with Crippen molar-refractivity contribution >= 4 is 29.0 Å². The molecule has 0 bridgehead atoms. The quantitative estimate of drug-likeness (QED) is 0.384. The molecular weight excluding hydrogens is 536 g/mol. The summed E-state index contributed by atoms with van der Waals surface area (Å²) in [5.74, 6) is -2.75. The Morgan fingerprint density at radius 1 is 0.878 bits per heavy atom. The molecule has 0 fully saturated rings. The average Bonchev–Trinajstić information content (AvgIpc) is 2.95. The zero-order valence-electron chi connectivity index (χ0n) is 23.0. The van der Waals surface area contributed by atoms with Gasteiger partial charge in [-0.15, -0.1) is 0 Å². The lowest BCUT2D eigenvalue weighted by Gasteiger charge is -2.13. The van der Waals surface area contributed by atoms with Gasteiger partial charge in [-0.3, -0.25) is 19.3 Å². The number of carbonyl (C=O) groups excluding carboxylic acids is 3. The predicted octanol–water partition coefficient (Wildman–Crippen LogP) is 4.60. The molecule has 0 unspecified atom stereocenters. The largest absolute Gasteiger partial charge is 0.461 e. The lowest BCUT2D eigenvalue weighted by Crippen LogP contribution is -2.29. The third-order valence-corrected chi connectivity index (χ3v) is 5.72. The molecule has 4 rings (SSSR count). The van der Waals surface area contributed by atoms with Crippen molar-refractivity contribution in [1.82, 2.24) is 9.78 Å². The van der Waals surface area contributed by atoms with E-state index in [1.807, 2.05) is 13.8 Å². The van der Waals surface area contributed by atoms with Crippen molar-refractivity contribution in [1.29, 1.82) is 0 Å². The number of halogens is 2. The molecule has 0 aliphatic carbocycles. The third-order valence-electron chi connectivity index (χ3n) is 5.72. The number of aromatic nitrogens is 2. The number of aliphatic imine (C=N–C) groups is 1. The van der Waals surface area contributed by atoms with E-state index in [2.05, 4.69) is 10.1 Å². The van der Waals surface area contributed by atoms with Gasteiger partial charge < -0.3 is 9.47 Å². The molecule has 41 heavy (non-hydrogen) atoms. The number of benzene rings is 2. The molecule has 0 atom stereocenters. The van der Waals surface area contributed by atoms with Crippen molar-refractivity contribution in [2.75, 3.05) is 19.8 Å². The fraction of sp³-hybridized carbons (Fsp3) is 0.267. The molecule has 0 amide bonds. The molecule has 11 heteroatoms. The van der Waals surface area contributed by atoms with Gasteiger partial charge >= 0.3 is 11.9 Å². The molecule has 0 saturated heterocycles. The summed E-state index contributed by atoms with van der Waals surface area (Å²) in [6.45, 7) is 7.63. The van der Waals surface area contributed by atoms with Gasteiger partial charge in [0.1, 0.15) is 11.6 Å². The van der Waals surface area contributed by atoms with Gasteiger partial charge in [-0.1, -0.05) is 30.3 Å². The van der Waals surface area contributed by atoms with Crippen LogP contribution >= 0.6 is 0 Å². The summed E-state index contributed by atoms with van der Waals surface area (Å²) in [7, 11) is 0. The normalized spacial score (nSPS) is 12.6. The Hall–Kier alpha value is -4.80. The van der Waals surface area contributed by atoms with E-state index in [1.165, 1.54) is 53.2 Å². The van der Waals surface area contributed by atoms with Crippen molar-refractivity contribution in [3.63, 3.8) is 0 Å². The van der Waals surface area contributed by atoms with E-state index in [1.54, 1.807) is 26.1 Å². The van der Waals surface area contributed by atoms with Crippen LogP contribution in [0.3, 0.4) is 0 Å². The van der Waals surface area contributed by atoms with Gasteiger partial charge in [0, 0.05) is 23.4 Å². The highest BCUT2D eigenvalue weighted by Gasteiger charge is 2.27. The second-order valence-electron chi connectivity index (χ2n) is 8.89. The van der Waals surface area contributed by atoms with Crippen molar-refractivity contribution < 1.29 is 32.6 Å². The van der Waals surface area contributed by atoms with Crippen LogP contribution < -0.4 is 5.43 Å². The number of esters is 2. The van der Waals surface area contributed by atoms with Crippen LogP contribution in [0.1, 0.15) is 49.8 Å². The van der Waals surface area contributed by atoms with Gasteiger partial charge in [-0.05, 0) is 63.1 Å². The maximum Gasteiger partial charge on any atom is 0.362 e. The number of ether oxygens (including phenoxy) is 2. The third kappa shape index (κ3) is 7.65. The zero-order chi connectivity index (χ0) is 30.1. The lowest BCUT2D eigenvalue weighted by atomic mass is 9.96. The molecule has 0 N–H and O–H groups in total. The summed E-state index contributed by atoms with van der Waals surface area (Å²) in [5, 5.41) is 4.05. The molecule has 2 heterocycles. The zero-order valence-corrected chi connectivity index (χ0v) is 23.0. The van der Waals surface area contributed by atoms with Gasteiger partial charge in [-0.2, -0.15) is 5.10 Å². The van der Waals surface area contributed by atoms with Crippen LogP contribution in [-0.2, 0) is 19.1 Å². The monoisotopic (exact) mass is 565 g/mol. The number of allylic oxidation sites excluding steroid dienone is 1. The summed E-state index contributed by atoms with van der Waals surface area (Å²) < 4.78 is 37.1. The van der Waals surface area contributed by atoms with Crippen LogP contribution in [0.5, 0.6) is 0 Å². The second kappa shape index (κ2) is 14.0. The first-order chi connectivity index (χ1) is 19.6. The maximum atomic E-state index is 13.0. The predicted molar refractivity (Wildman–Crippen MR) is 149 cm³/mol. The Labute approximate surface area is 235 Å². The topological polar surface area (TPSA) is 117 Å². The van der Waals surface area contributed by atoms with E-state index in [0.29, 0.717) is 16.7 Å². The Morgan fingerprint density at radius 3 is 1.95 bits per heavy atom. The number of ketones is 1. The fourth-order valence-electron chi connectivity index (χ4n) is 3.70. The molecule has 9 nitrogen and oxygen atoms in total. The van der Waals surface area contributed by atoms with E-state index in [0.717, 1.165) is 0 Å². The van der Waals surface area contributed by atoms with E-state index < -0.39 is 29.0 Å². The van der Waals surface area contributed by atoms with E-state index >= 15 is 0 Å². The van der Waals surface area contributed by atoms with Crippen molar-refractivity contribution in [2.45, 2.75) is 33.7 Å². The highest BCUT2D eigenvalue weighted by Crippen LogP contribution is 2.20. The Kier molecular flexibility index (Phi) is 10.5. The number of dihydropyridines is 1. The highest BCUT2D eigenvalue weighted by atomic mass is 19.1. The molecule has 214 valence electrons. The van der Waals surface area contributed by atoms with Gasteiger partial charge in [0.2, 0.25) is 16.9 Å².